The molecule has 0 aliphatic rings. The number of oxazole rings is 1. The van der Waals surface area contributed by atoms with Crippen LogP contribution in [-0.4, -0.2) is 4.98 Å². The van der Waals surface area contributed by atoms with Gasteiger partial charge in [-0.15, -0.1) is 11.3 Å². The van der Waals surface area contributed by atoms with Crippen molar-refractivity contribution in [3.05, 3.63) is 27.9 Å². The van der Waals surface area contributed by atoms with Gasteiger partial charge in [0.15, 0.2) is 5.76 Å². The Morgan fingerprint density at radius 2 is 2.46 bits per heavy atom. The van der Waals surface area contributed by atoms with Crippen LogP contribution >= 0.6 is 22.9 Å². The van der Waals surface area contributed by atoms with Gasteiger partial charge in [-0.05, 0) is 6.07 Å². The van der Waals surface area contributed by atoms with Gasteiger partial charge < -0.3 is 10.2 Å². The Kier molecular flexibility index (Phi) is 2.35. The third-order valence-corrected chi connectivity index (χ3v) is 2.67. The average molecular weight is 215 g/mol. The van der Waals surface area contributed by atoms with Gasteiger partial charge in [0.25, 0.3) is 0 Å². The minimum absolute atomic E-state index is 0.317. The summed E-state index contributed by atoms with van der Waals surface area (Å²) in [6.07, 6.45) is 1.65. The van der Waals surface area contributed by atoms with E-state index in [2.05, 4.69) is 4.98 Å². The second kappa shape index (κ2) is 3.49. The molecule has 68 valence electrons. The molecule has 2 rings (SSSR count). The smallest absolute Gasteiger partial charge is 0.208 e. The van der Waals surface area contributed by atoms with Gasteiger partial charge in [0.05, 0.1) is 17.1 Å². The van der Waals surface area contributed by atoms with E-state index >= 15 is 0 Å². The molecule has 0 atom stereocenters. The van der Waals surface area contributed by atoms with Crippen molar-refractivity contribution in [2.24, 2.45) is 5.73 Å². The number of nitrogens with two attached hydrogens (primary N) is 1. The highest BCUT2D eigenvalue weighted by Gasteiger charge is 2.06. The maximum Gasteiger partial charge on any atom is 0.208 e. The minimum atomic E-state index is 0.317. The van der Waals surface area contributed by atoms with Gasteiger partial charge in [-0.25, -0.2) is 4.98 Å². The van der Waals surface area contributed by atoms with E-state index in [1.807, 2.05) is 11.4 Å². The maximum atomic E-state index is 5.78. The van der Waals surface area contributed by atoms with Crippen molar-refractivity contribution in [1.82, 2.24) is 4.98 Å². The molecule has 5 heteroatoms. The molecule has 0 unspecified atom stereocenters. The molecule has 0 bridgehead atoms. The molecule has 0 amide bonds. The lowest BCUT2D eigenvalue weighted by atomic mass is 10.3. The summed E-state index contributed by atoms with van der Waals surface area (Å²) in [4.78, 5) is 3.99. The molecule has 2 aromatic heterocycles. The van der Waals surface area contributed by atoms with Crippen molar-refractivity contribution < 1.29 is 4.42 Å². The van der Waals surface area contributed by atoms with Gasteiger partial charge in [-0.1, -0.05) is 11.6 Å². The molecule has 0 saturated heterocycles. The largest absolute Gasteiger partial charge is 0.439 e. The molecule has 2 aromatic rings. The van der Waals surface area contributed by atoms with Crippen LogP contribution in [0.3, 0.4) is 0 Å². The molecule has 2 N–H and O–H groups in total. The van der Waals surface area contributed by atoms with Gasteiger partial charge in [-0.2, -0.15) is 0 Å². The molecule has 2 heterocycles. The quantitative estimate of drug-likeness (QED) is 0.836. The van der Waals surface area contributed by atoms with Crippen LogP contribution in [0.4, 0.5) is 0 Å². The number of halogens is 1. The van der Waals surface area contributed by atoms with Gasteiger partial charge >= 0.3 is 0 Å². The van der Waals surface area contributed by atoms with Crippen molar-refractivity contribution in [3.63, 3.8) is 0 Å². The molecule has 0 spiro atoms. The Hall–Kier alpha value is -0.840. The standard InChI is InChI=1S/C8H7ClN2OS/c9-7-1-5(4-13-7)6-3-11-8(2-10)12-6/h1,3-4H,2,10H2. The monoisotopic (exact) mass is 214 g/mol. The summed E-state index contributed by atoms with van der Waals surface area (Å²) in [5.41, 5.74) is 6.31. The van der Waals surface area contributed by atoms with Crippen LogP contribution in [0.5, 0.6) is 0 Å². The predicted molar refractivity (Wildman–Crippen MR) is 52.7 cm³/mol. The highest BCUT2D eigenvalue weighted by atomic mass is 35.5. The van der Waals surface area contributed by atoms with Crippen LogP contribution in [0.15, 0.2) is 22.1 Å². The van der Waals surface area contributed by atoms with Crippen molar-refractivity contribution >= 4 is 22.9 Å². The fourth-order valence-electron chi connectivity index (χ4n) is 0.977. The SMILES string of the molecule is NCc1ncc(-c2csc(Cl)c2)o1. The Bertz CT molecular complexity index is 410. The Balaban J connectivity index is 2.35. The zero-order valence-electron chi connectivity index (χ0n) is 6.66. The number of thiophene rings is 1. The lowest BCUT2D eigenvalue weighted by Gasteiger charge is -1.87. The molecule has 0 fully saturated rings. The van der Waals surface area contributed by atoms with Crippen LogP contribution in [0.2, 0.25) is 4.34 Å². The van der Waals surface area contributed by atoms with Gasteiger partial charge in [0, 0.05) is 10.9 Å². The van der Waals surface area contributed by atoms with Crippen LogP contribution in [0.1, 0.15) is 5.89 Å². The molecule has 13 heavy (non-hydrogen) atoms. The molecule has 0 aliphatic heterocycles. The van der Waals surface area contributed by atoms with Crippen molar-refractivity contribution in [2.75, 3.05) is 0 Å². The lowest BCUT2D eigenvalue weighted by molar-refractivity contribution is 0.510. The van der Waals surface area contributed by atoms with E-state index in [9.17, 15) is 0 Å². The zero-order valence-corrected chi connectivity index (χ0v) is 8.23. The summed E-state index contributed by atoms with van der Waals surface area (Å²) in [6, 6.07) is 1.84. The van der Waals surface area contributed by atoms with E-state index in [0.29, 0.717) is 18.2 Å². The second-order valence-electron chi connectivity index (χ2n) is 2.46. The van der Waals surface area contributed by atoms with Crippen LogP contribution in [0, 0.1) is 0 Å². The molecular formula is C8H7ClN2OS. The van der Waals surface area contributed by atoms with E-state index < -0.39 is 0 Å². The highest BCUT2D eigenvalue weighted by molar-refractivity contribution is 7.14. The summed E-state index contributed by atoms with van der Waals surface area (Å²) in [5.74, 6) is 1.25. The molecular weight excluding hydrogens is 208 g/mol. The molecule has 0 radical (unpaired) electrons. The van der Waals surface area contributed by atoms with Crippen molar-refractivity contribution in [3.8, 4) is 11.3 Å². The van der Waals surface area contributed by atoms with Crippen molar-refractivity contribution in [2.45, 2.75) is 6.54 Å². The summed E-state index contributed by atoms with van der Waals surface area (Å²) in [6.45, 7) is 0.317. The molecule has 0 aliphatic carbocycles. The molecule has 3 nitrogen and oxygen atoms in total. The first-order valence-corrected chi connectivity index (χ1v) is 4.94. The van der Waals surface area contributed by atoms with E-state index in [4.69, 9.17) is 21.8 Å². The van der Waals surface area contributed by atoms with Gasteiger partial charge in [0.1, 0.15) is 0 Å². The van der Waals surface area contributed by atoms with E-state index in [-0.39, 0.29) is 0 Å². The number of nitrogens with zero attached hydrogens (tertiary/aromatic N) is 1. The van der Waals surface area contributed by atoms with Gasteiger partial charge in [0.2, 0.25) is 5.89 Å². The topological polar surface area (TPSA) is 52.0 Å². The first-order chi connectivity index (χ1) is 6.29. The zero-order chi connectivity index (χ0) is 9.26. The van der Waals surface area contributed by atoms with E-state index in [0.717, 1.165) is 9.90 Å². The average Bonchev–Trinajstić information content (AvgIpc) is 2.71. The third kappa shape index (κ3) is 1.75. The predicted octanol–water partition coefficient (Wildman–Crippen LogP) is 2.52. The van der Waals surface area contributed by atoms with E-state index in [1.54, 1.807) is 6.20 Å². The second-order valence-corrected chi connectivity index (χ2v) is 4.00. The van der Waals surface area contributed by atoms with Crippen LogP contribution in [0.25, 0.3) is 11.3 Å². The number of aromatic nitrogens is 1. The molecule has 0 saturated carbocycles. The van der Waals surface area contributed by atoms with Crippen molar-refractivity contribution in [1.29, 1.82) is 0 Å². The Labute approximate surface area is 84.2 Å². The summed E-state index contributed by atoms with van der Waals surface area (Å²) in [5, 5.41) is 1.92. The summed E-state index contributed by atoms with van der Waals surface area (Å²) >= 11 is 7.25. The fraction of sp³-hybridized carbons (Fsp3) is 0.125. The van der Waals surface area contributed by atoms with Crippen LogP contribution < -0.4 is 5.73 Å². The fourth-order valence-corrected chi connectivity index (χ4v) is 1.85. The minimum Gasteiger partial charge on any atom is -0.439 e. The maximum absolute atomic E-state index is 5.78. The lowest BCUT2D eigenvalue weighted by Crippen LogP contribution is -1.94. The normalized spacial score (nSPS) is 10.6. The third-order valence-electron chi connectivity index (χ3n) is 1.58. The van der Waals surface area contributed by atoms with Gasteiger partial charge in [-0.3, -0.25) is 0 Å². The number of rotatable bonds is 2. The first-order valence-electron chi connectivity index (χ1n) is 3.69. The highest BCUT2D eigenvalue weighted by Crippen LogP contribution is 2.28. The number of hydrogen-bond acceptors (Lipinski definition) is 4. The Morgan fingerprint density at radius 1 is 1.62 bits per heavy atom. The Morgan fingerprint density at radius 3 is 3.00 bits per heavy atom. The van der Waals surface area contributed by atoms with Crippen LogP contribution in [-0.2, 0) is 6.54 Å². The summed E-state index contributed by atoms with van der Waals surface area (Å²) in [7, 11) is 0. The summed E-state index contributed by atoms with van der Waals surface area (Å²) < 4.78 is 6.08. The molecule has 0 aromatic carbocycles. The first kappa shape index (κ1) is 8.74. The van der Waals surface area contributed by atoms with E-state index in [1.165, 1.54) is 11.3 Å². The number of hydrogen-bond donors (Lipinski definition) is 1.